The van der Waals surface area contributed by atoms with Crippen LogP contribution in [0, 0.1) is 17.0 Å². The van der Waals surface area contributed by atoms with Crippen molar-refractivity contribution in [2.24, 2.45) is 0 Å². The molecule has 0 aliphatic rings. The van der Waals surface area contributed by atoms with Crippen LogP contribution in [0.5, 0.6) is 5.75 Å². The Hall–Kier alpha value is -3.75. The molecule has 1 heterocycles. The molecule has 0 fully saturated rings. The summed E-state index contributed by atoms with van der Waals surface area (Å²) in [4.78, 5) is 22.9. The van der Waals surface area contributed by atoms with Crippen LogP contribution in [0.2, 0.25) is 0 Å². The van der Waals surface area contributed by atoms with Crippen molar-refractivity contribution in [3.8, 4) is 11.4 Å². The second-order valence-electron chi connectivity index (χ2n) is 5.37. The summed E-state index contributed by atoms with van der Waals surface area (Å²) < 4.78 is 6.67. The number of benzene rings is 2. The van der Waals surface area contributed by atoms with Gasteiger partial charge in [-0.05, 0) is 25.1 Å². The number of para-hydroxylation sites is 1. The first kappa shape index (κ1) is 17.1. The van der Waals surface area contributed by atoms with Crippen molar-refractivity contribution in [3.05, 3.63) is 70.0 Å². The van der Waals surface area contributed by atoms with E-state index in [0.29, 0.717) is 11.4 Å². The zero-order chi connectivity index (χ0) is 18.7. The van der Waals surface area contributed by atoms with Crippen molar-refractivity contribution < 1.29 is 14.5 Å². The van der Waals surface area contributed by atoms with Gasteiger partial charge in [-0.1, -0.05) is 23.4 Å². The van der Waals surface area contributed by atoms with Crippen LogP contribution in [0.25, 0.3) is 5.69 Å². The number of ether oxygens (including phenoxy) is 1. The second-order valence-corrected chi connectivity index (χ2v) is 5.37. The Bertz CT molecular complexity index is 969. The predicted octanol–water partition coefficient (Wildman–Crippen LogP) is 2.74. The summed E-state index contributed by atoms with van der Waals surface area (Å²) >= 11 is 0. The molecule has 2 aromatic carbocycles. The van der Waals surface area contributed by atoms with Gasteiger partial charge in [0.15, 0.2) is 5.69 Å². The Kier molecular flexibility index (Phi) is 4.61. The van der Waals surface area contributed by atoms with Crippen molar-refractivity contribution in [2.75, 3.05) is 12.4 Å². The highest BCUT2D eigenvalue weighted by Crippen LogP contribution is 2.29. The number of nitrogens with one attached hydrogen (secondary N) is 1. The fourth-order valence-electron chi connectivity index (χ4n) is 2.43. The molecule has 0 atom stereocenters. The van der Waals surface area contributed by atoms with E-state index < -0.39 is 10.8 Å². The summed E-state index contributed by atoms with van der Waals surface area (Å²) in [6, 6.07) is 13.2. The van der Waals surface area contributed by atoms with Crippen molar-refractivity contribution in [2.45, 2.75) is 6.92 Å². The van der Waals surface area contributed by atoms with E-state index in [1.807, 2.05) is 30.3 Å². The Morgan fingerprint density at radius 2 is 1.96 bits per heavy atom. The number of nitro benzene ring substituents is 1. The number of nitro groups is 1. The van der Waals surface area contributed by atoms with Crippen molar-refractivity contribution in [1.82, 2.24) is 15.0 Å². The summed E-state index contributed by atoms with van der Waals surface area (Å²) in [6.45, 7) is 1.73. The van der Waals surface area contributed by atoms with Crippen LogP contribution in [-0.4, -0.2) is 32.9 Å². The molecular weight excluding hydrogens is 338 g/mol. The highest BCUT2D eigenvalue weighted by molar-refractivity contribution is 6.04. The van der Waals surface area contributed by atoms with Gasteiger partial charge < -0.3 is 10.1 Å². The van der Waals surface area contributed by atoms with Gasteiger partial charge in [-0.2, -0.15) is 0 Å². The first-order chi connectivity index (χ1) is 12.5. The zero-order valence-electron chi connectivity index (χ0n) is 14.0. The SMILES string of the molecule is COc1cc([N+](=O)[O-])ccc1NC(=O)c1nnn(-c2ccccc2)c1C. The lowest BCUT2D eigenvalue weighted by Crippen LogP contribution is -2.15. The molecule has 0 unspecified atom stereocenters. The van der Waals surface area contributed by atoms with E-state index in [9.17, 15) is 14.9 Å². The maximum absolute atomic E-state index is 12.6. The molecule has 0 saturated carbocycles. The standard InChI is InChI=1S/C17H15N5O4/c1-11-16(19-20-21(11)12-6-4-3-5-7-12)17(23)18-14-9-8-13(22(24)25)10-15(14)26-2/h3-10H,1-2H3,(H,18,23). The number of aromatic nitrogens is 3. The molecule has 1 N–H and O–H groups in total. The number of non-ortho nitro benzene ring substituents is 1. The van der Waals surface area contributed by atoms with E-state index in [4.69, 9.17) is 4.74 Å². The number of rotatable bonds is 5. The van der Waals surface area contributed by atoms with Gasteiger partial charge in [0.05, 0.1) is 35.2 Å². The lowest BCUT2D eigenvalue weighted by molar-refractivity contribution is -0.384. The lowest BCUT2D eigenvalue weighted by Gasteiger charge is -2.09. The molecule has 0 aliphatic carbocycles. The third kappa shape index (κ3) is 3.22. The fraction of sp³-hybridized carbons (Fsp3) is 0.118. The molecule has 0 spiro atoms. The Morgan fingerprint density at radius 3 is 2.62 bits per heavy atom. The molecule has 3 aromatic rings. The van der Waals surface area contributed by atoms with Crippen LogP contribution in [0.15, 0.2) is 48.5 Å². The lowest BCUT2D eigenvalue weighted by atomic mass is 10.2. The number of nitrogens with zero attached hydrogens (tertiary/aromatic N) is 4. The third-order valence-corrected chi connectivity index (χ3v) is 3.75. The molecule has 9 heteroatoms. The number of hydrogen-bond donors (Lipinski definition) is 1. The van der Waals surface area contributed by atoms with Crippen LogP contribution < -0.4 is 10.1 Å². The highest BCUT2D eigenvalue weighted by Gasteiger charge is 2.20. The normalized spacial score (nSPS) is 10.4. The molecule has 0 aliphatic heterocycles. The largest absolute Gasteiger partial charge is 0.494 e. The Labute approximate surface area is 148 Å². The molecule has 26 heavy (non-hydrogen) atoms. The quantitative estimate of drug-likeness (QED) is 0.557. The number of carbonyl (C=O) groups excluding carboxylic acids is 1. The number of amides is 1. The van der Waals surface area contributed by atoms with Gasteiger partial charge in [-0.15, -0.1) is 5.10 Å². The summed E-state index contributed by atoms with van der Waals surface area (Å²) in [5.74, 6) is -0.308. The van der Waals surface area contributed by atoms with E-state index >= 15 is 0 Å². The minimum Gasteiger partial charge on any atom is -0.494 e. The maximum atomic E-state index is 12.6. The molecule has 0 saturated heterocycles. The molecule has 1 aromatic heterocycles. The van der Waals surface area contributed by atoms with Crippen LogP contribution in [0.4, 0.5) is 11.4 Å². The Morgan fingerprint density at radius 1 is 1.23 bits per heavy atom. The first-order valence-electron chi connectivity index (χ1n) is 7.62. The van der Waals surface area contributed by atoms with Gasteiger partial charge in [0.25, 0.3) is 11.6 Å². The molecule has 0 radical (unpaired) electrons. The molecule has 1 amide bonds. The number of methoxy groups -OCH3 is 1. The smallest absolute Gasteiger partial charge is 0.278 e. The average Bonchev–Trinajstić information content (AvgIpc) is 3.04. The van der Waals surface area contributed by atoms with Crippen molar-refractivity contribution >= 4 is 17.3 Å². The topological polar surface area (TPSA) is 112 Å². The van der Waals surface area contributed by atoms with Crippen molar-refractivity contribution in [1.29, 1.82) is 0 Å². The maximum Gasteiger partial charge on any atom is 0.278 e. The minimum atomic E-state index is -0.538. The minimum absolute atomic E-state index is 0.133. The zero-order valence-corrected chi connectivity index (χ0v) is 14.0. The summed E-state index contributed by atoms with van der Waals surface area (Å²) in [5, 5.41) is 21.5. The van der Waals surface area contributed by atoms with E-state index in [1.165, 1.54) is 25.3 Å². The predicted molar refractivity (Wildman–Crippen MR) is 93.7 cm³/mol. The van der Waals surface area contributed by atoms with Gasteiger partial charge >= 0.3 is 0 Å². The second kappa shape index (κ2) is 7.01. The molecule has 3 rings (SSSR count). The van der Waals surface area contributed by atoms with Gasteiger partial charge in [-0.3, -0.25) is 14.9 Å². The van der Waals surface area contributed by atoms with Gasteiger partial charge in [0.1, 0.15) is 5.75 Å². The van der Waals surface area contributed by atoms with Crippen LogP contribution in [0.1, 0.15) is 16.2 Å². The third-order valence-electron chi connectivity index (χ3n) is 3.75. The van der Waals surface area contributed by atoms with Crippen LogP contribution >= 0.6 is 0 Å². The summed E-state index contributed by atoms with van der Waals surface area (Å²) in [6.07, 6.45) is 0. The summed E-state index contributed by atoms with van der Waals surface area (Å²) in [7, 11) is 1.37. The molecular formula is C17H15N5O4. The van der Waals surface area contributed by atoms with Gasteiger partial charge in [0.2, 0.25) is 0 Å². The number of anilines is 1. The highest BCUT2D eigenvalue weighted by atomic mass is 16.6. The summed E-state index contributed by atoms with van der Waals surface area (Å²) in [5.41, 5.74) is 1.66. The molecule has 9 nitrogen and oxygen atoms in total. The van der Waals surface area contributed by atoms with E-state index in [-0.39, 0.29) is 17.1 Å². The van der Waals surface area contributed by atoms with Crippen LogP contribution in [-0.2, 0) is 0 Å². The van der Waals surface area contributed by atoms with Gasteiger partial charge in [-0.25, -0.2) is 4.68 Å². The monoisotopic (exact) mass is 353 g/mol. The first-order valence-corrected chi connectivity index (χ1v) is 7.62. The van der Waals surface area contributed by atoms with E-state index in [0.717, 1.165) is 5.69 Å². The fourth-order valence-corrected chi connectivity index (χ4v) is 2.43. The van der Waals surface area contributed by atoms with E-state index in [2.05, 4.69) is 15.6 Å². The Balaban J connectivity index is 1.88. The van der Waals surface area contributed by atoms with Crippen LogP contribution in [0.3, 0.4) is 0 Å². The molecule has 132 valence electrons. The van der Waals surface area contributed by atoms with E-state index in [1.54, 1.807) is 11.6 Å². The molecule has 0 bridgehead atoms. The number of carbonyl (C=O) groups is 1. The number of hydrogen-bond acceptors (Lipinski definition) is 6. The average molecular weight is 353 g/mol. The van der Waals surface area contributed by atoms with Crippen molar-refractivity contribution in [3.63, 3.8) is 0 Å². The van der Waals surface area contributed by atoms with Gasteiger partial charge in [0, 0.05) is 6.07 Å².